The van der Waals surface area contributed by atoms with E-state index in [1.54, 1.807) is 0 Å². The van der Waals surface area contributed by atoms with Gasteiger partial charge in [-0.3, -0.25) is 4.98 Å². The molecule has 0 N–H and O–H groups in total. The van der Waals surface area contributed by atoms with E-state index in [0.29, 0.717) is 6.42 Å². The molecule has 62 valence electrons. The molecule has 2 rings (SSSR count). The summed E-state index contributed by atoms with van der Waals surface area (Å²) in [7, 11) is 0. The van der Waals surface area contributed by atoms with Crippen molar-refractivity contribution >= 4 is 10.9 Å². The van der Waals surface area contributed by atoms with Crippen LogP contribution < -0.4 is 0 Å². The van der Waals surface area contributed by atoms with Gasteiger partial charge in [0.1, 0.15) is 0 Å². The Labute approximate surface area is 78.4 Å². The van der Waals surface area contributed by atoms with Crippen LogP contribution in [-0.2, 0) is 6.42 Å². The Balaban J connectivity index is 2.66. The molecule has 4 radical (unpaired) electrons. The fourth-order valence-corrected chi connectivity index (χ4v) is 1.30. The fraction of sp³-hybridized carbons (Fsp3) is 0.0833. The summed E-state index contributed by atoms with van der Waals surface area (Å²) in [6.45, 7) is 11.1. The van der Waals surface area contributed by atoms with Crippen molar-refractivity contribution in [1.82, 2.24) is 4.98 Å². The van der Waals surface area contributed by atoms with E-state index < -0.39 is 0 Å². The molecule has 0 bridgehead atoms. The number of pyridine rings is 1. The molecular formula is C12H9N. The van der Waals surface area contributed by atoms with Gasteiger partial charge in [0.05, 0.1) is 5.52 Å². The second kappa shape index (κ2) is 3.17. The highest BCUT2D eigenvalue weighted by Gasteiger charge is 1.96. The molecule has 1 heterocycles. The standard InChI is InChI=1S/C12H9N/c1-3-11-6-5-10-8-9(2)4-7-12(10)13-11/h1-2,4-8H,3H2. The molecular weight excluding hydrogens is 158 g/mol. The van der Waals surface area contributed by atoms with Crippen molar-refractivity contribution in [3.8, 4) is 0 Å². The van der Waals surface area contributed by atoms with E-state index >= 15 is 0 Å². The highest BCUT2D eigenvalue weighted by Crippen LogP contribution is 2.14. The van der Waals surface area contributed by atoms with Crippen LogP contribution in [0.25, 0.3) is 10.9 Å². The molecule has 1 nitrogen and oxygen atoms in total. The molecule has 0 aliphatic heterocycles. The van der Waals surface area contributed by atoms with Crippen molar-refractivity contribution in [1.29, 1.82) is 0 Å². The number of hydrogen-bond donors (Lipinski definition) is 0. The molecule has 0 aliphatic carbocycles. The first-order chi connectivity index (χ1) is 6.29. The highest BCUT2D eigenvalue weighted by molar-refractivity contribution is 5.79. The van der Waals surface area contributed by atoms with E-state index in [4.69, 9.17) is 13.8 Å². The third kappa shape index (κ3) is 1.55. The van der Waals surface area contributed by atoms with Gasteiger partial charge in [-0.1, -0.05) is 12.1 Å². The van der Waals surface area contributed by atoms with Gasteiger partial charge in [0, 0.05) is 11.1 Å². The first-order valence-electron chi connectivity index (χ1n) is 4.15. The molecule has 13 heavy (non-hydrogen) atoms. The van der Waals surface area contributed by atoms with Gasteiger partial charge in [-0.15, -0.1) is 0 Å². The van der Waals surface area contributed by atoms with Gasteiger partial charge in [0.15, 0.2) is 0 Å². The van der Waals surface area contributed by atoms with Gasteiger partial charge in [0.25, 0.3) is 0 Å². The van der Waals surface area contributed by atoms with Crippen LogP contribution in [0.1, 0.15) is 11.3 Å². The molecule has 0 saturated heterocycles. The maximum Gasteiger partial charge on any atom is 0.0705 e. The van der Waals surface area contributed by atoms with Gasteiger partial charge in [-0.05, 0) is 44.0 Å². The van der Waals surface area contributed by atoms with E-state index in [0.717, 1.165) is 22.2 Å². The lowest BCUT2D eigenvalue weighted by Gasteiger charge is -2.00. The second-order valence-electron chi connectivity index (χ2n) is 2.96. The number of aromatic nitrogens is 1. The summed E-state index contributed by atoms with van der Waals surface area (Å²) in [4.78, 5) is 4.35. The molecule has 0 spiro atoms. The quantitative estimate of drug-likeness (QED) is 0.636. The van der Waals surface area contributed by atoms with Crippen molar-refractivity contribution in [2.45, 2.75) is 6.42 Å². The molecule has 0 atom stereocenters. The van der Waals surface area contributed by atoms with Crippen molar-refractivity contribution in [2.24, 2.45) is 0 Å². The van der Waals surface area contributed by atoms with E-state index in [-0.39, 0.29) is 0 Å². The SMILES string of the molecule is [CH]Cc1ccc2cc([CH])ccc2n1. The lowest BCUT2D eigenvalue weighted by Crippen LogP contribution is -1.87. The fourth-order valence-electron chi connectivity index (χ4n) is 1.30. The maximum absolute atomic E-state index is 5.64. The number of nitrogens with zero attached hydrogens (tertiary/aromatic N) is 1. The summed E-state index contributed by atoms with van der Waals surface area (Å²) >= 11 is 0. The predicted octanol–water partition coefficient (Wildman–Crippen LogP) is 2.55. The van der Waals surface area contributed by atoms with E-state index in [1.807, 2.05) is 30.3 Å². The van der Waals surface area contributed by atoms with Gasteiger partial charge >= 0.3 is 0 Å². The van der Waals surface area contributed by atoms with Crippen LogP contribution >= 0.6 is 0 Å². The van der Waals surface area contributed by atoms with Gasteiger partial charge in [-0.25, -0.2) is 0 Å². The molecule has 0 fully saturated rings. The Kier molecular flexibility index (Phi) is 2.01. The molecule has 0 saturated carbocycles. The van der Waals surface area contributed by atoms with E-state index in [9.17, 15) is 0 Å². The molecule has 2 aromatic rings. The molecule has 0 unspecified atom stereocenters. The topological polar surface area (TPSA) is 12.9 Å². The lowest BCUT2D eigenvalue weighted by molar-refractivity contribution is 1.14. The van der Waals surface area contributed by atoms with E-state index in [1.165, 1.54) is 0 Å². The third-order valence-corrected chi connectivity index (χ3v) is 1.98. The molecule has 1 aromatic carbocycles. The summed E-state index contributed by atoms with van der Waals surface area (Å²) in [6.07, 6.45) is 0.473. The minimum atomic E-state index is 0.473. The Hall–Kier alpha value is -1.37. The normalized spacial score (nSPS) is 10.6. The molecule has 1 heteroatoms. The van der Waals surface area contributed by atoms with Crippen LogP contribution in [0.2, 0.25) is 0 Å². The predicted molar refractivity (Wildman–Crippen MR) is 53.1 cm³/mol. The van der Waals surface area contributed by atoms with Crippen LogP contribution in [-0.4, -0.2) is 4.98 Å². The lowest BCUT2D eigenvalue weighted by atomic mass is 10.1. The minimum Gasteiger partial charge on any atom is -0.253 e. The summed E-state index contributed by atoms with van der Waals surface area (Å²) in [5.41, 5.74) is 2.60. The van der Waals surface area contributed by atoms with Crippen LogP contribution in [0.4, 0.5) is 0 Å². The smallest absolute Gasteiger partial charge is 0.0705 e. The molecule has 0 aliphatic rings. The molecule has 0 amide bonds. The summed E-state index contributed by atoms with van der Waals surface area (Å²) in [5, 5.41) is 1.05. The largest absolute Gasteiger partial charge is 0.253 e. The van der Waals surface area contributed by atoms with Crippen LogP contribution in [0.3, 0.4) is 0 Å². The van der Waals surface area contributed by atoms with Crippen LogP contribution in [0.5, 0.6) is 0 Å². The van der Waals surface area contributed by atoms with Crippen molar-refractivity contribution in [3.63, 3.8) is 0 Å². The second-order valence-corrected chi connectivity index (χ2v) is 2.96. The van der Waals surface area contributed by atoms with Gasteiger partial charge < -0.3 is 0 Å². The average Bonchev–Trinajstić information content (AvgIpc) is 2.17. The first-order valence-corrected chi connectivity index (χ1v) is 4.15. The Bertz CT molecular complexity index is 432. The van der Waals surface area contributed by atoms with Crippen molar-refractivity contribution in [2.75, 3.05) is 0 Å². The Morgan fingerprint density at radius 2 is 2.00 bits per heavy atom. The van der Waals surface area contributed by atoms with Gasteiger partial charge in [-0.2, -0.15) is 0 Å². The zero-order valence-corrected chi connectivity index (χ0v) is 7.20. The average molecular weight is 167 g/mol. The number of hydrogen-bond acceptors (Lipinski definition) is 1. The monoisotopic (exact) mass is 167 g/mol. The maximum atomic E-state index is 5.64. The van der Waals surface area contributed by atoms with Crippen molar-refractivity contribution in [3.05, 3.63) is 55.4 Å². The minimum absolute atomic E-state index is 0.473. The molecule has 1 aromatic heterocycles. The summed E-state index contributed by atoms with van der Waals surface area (Å²) < 4.78 is 0. The zero-order chi connectivity index (χ0) is 9.26. The Morgan fingerprint density at radius 1 is 1.15 bits per heavy atom. The highest BCUT2D eigenvalue weighted by atomic mass is 14.7. The van der Waals surface area contributed by atoms with Gasteiger partial charge in [0.2, 0.25) is 0 Å². The summed E-state index contributed by atoms with van der Waals surface area (Å²) in [6, 6.07) is 9.56. The van der Waals surface area contributed by atoms with E-state index in [2.05, 4.69) is 4.98 Å². The van der Waals surface area contributed by atoms with Crippen molar-refractivity contribution < 1.29 is 0 Å². The zero-order valence-electron chi connectivity index (χ0n) is 7.20. The Morgan fingerprint density at radius 3 is 2.77 bits per heavy atom. The van der Waals surface area contributed by atoms with Crippen LogP contribution in [0.15, 0.2) is 30.3 Å². The number of fused-ring (bicyclic) bond motifs is 1. The first kappa shape index (κ1) is 8.24. The third-order valence-electron chi connectivity index (χ3n) is 1.98. The number of rotatable bonds is 1. The summed E-state index contributed by atoms with van der Waals surface area (Å²) in [5.74, 6) is 0. The number of benzene rings is 1. The van der Waals surface area contributed by atoms with Crippen LogP contribution in [0, 0.1) is 13.8 Å².